The van der Waals surface area contributed by atoms with Gasteiger partial charge in [-0.1, -0.05) is 30.3 Å². The average Bonchev–Trinajstić information content (AvgIpc) is 3.11. The van der Waals surface area contributed by atoms with E-state index in [-0.39, 0.29) is 6.10 Å². The molecule has 2 atom stereocenters. The zero-order valence-electron chi connectivity index (χ0n) is 12.8. The molecular formula is C17H21NO4. The molecule has 1 aliphatic rings. The van der Waals surface area contributed by atoms with Gasteiger partial charge in [-0.15, -0.1) is 0 Å². The second-order valence-corrected chi connectivity index (χ2v) is 5.91. The molecule has 1 aliphatic heterocycles. The molecule has 2 aromatic rings. The predicted molar refractivity (Wildman–Crippen MR) is 80.1 cm³/mol. The first-order valence-electron chi connectivity index (χ1n) is 7.40. The lowest BCUT2D eigenvalue weighted by Crippen LogP contribution is -2.36. The van der Waals surface area contributed by atoms with Crippen LogP contribution in [0, 0.1) is 0 Å². The molecule has 0 saturated carbocycles. The number of benzene rings is 1. The number of nitrogens with zero attached hydrogens (tertiary/aromatic N) is 1. The molecule has 5 heteroatoms. The zero-order valence-corrected chi connectivity index (χ0v) is 12.8. The Bertz CT molecular complexity index is 582. The van der Waals surface area contributed by atoms with Crippen molar-refractivity contribution in [2.45, 2.75) is 38.3 Å². The summed E-state index contributed by atoms with van der Waals surface area (Å²) in [6.45, 7) is 4.52. The van der Waals surface area contributed by atoms with Gasteiger partial charge in [-0.3, -0.25) is 0 Å². The Balaban J connectivity index is 1.80. The number of ether oxygens (including phenoxy) is 2. The third-order valence-corrected chi connectivity index (χ3v) is 3.73. The molecule has 0 aliphatic carbocycles. The highest BCUT2D eigenvalue weighted by molar-refractivity contribution is 5.15. The fraction of sp³-hybridized carbons (Fsp3) is 0.412. The van der Waals surface area contributed by atoms with Crippen LogP contribution in [-0.4, -0.2) is 28.8 Å². The number of rotatable bonds is 5. The normalized spacial score (nSPS) is 22.1. The SMILES string of the molecule is CC1(C)OC[C@@H](C(c2ccco2)N(O)Cc2ccccc2)O1. The molecule has 1 unspecified atom stereocenters. The van der Waals surface area contributed by atoms with Gasteiger partial charge in [0.2, 0.25) is 0 Å². The molecule has 0 spiro atoms. The lowest BCUT2D eigenvalue weighted by molar-refractivity contribution is -0.194. The highest BCUT2D eigenvalue weighted by Crippen LogP contribution is 2.34. The summed E-state index contributed by atoms with van der Waals surface area (Å²) in [5.41, 5.74) is 1.01. The predicted octanol–water partition coefficient (Wildman–Crippen LogP) is 3.36. The van der Waals surface area contributed by atoms with Crippen LogP contribution in [0.4, 0.5) is 0 Å². The van der Waals surface area contributed by atoms with E-state index in [2.05, 4.69) is 0 Å². The lowest BCUT2D eigenvalue weighted by Gasteiger charge is -2.29. The van der Waals surface area contributed by atoms with Crippen molar-refractivity contribution in [3.05, 3.63) is 60.1 Å². The van der Waals surface area contributed by atoms with E-state index in [1.807, 2.05) is 50.2 Å². The van der Waals surface area contributed by atoms with Crippen molar-refractivity contribution in [3.63, 3.8) is 0 Å². The summed E-state index contributed by atoms with van der Waals surface area (Å²) in [5, 5.41) is 11.9. The Morgan fingerprint density at radius 2 is 2.00 bits per heavy atom. The topological polar surface area (TPSA) is 55.1 Å². The van der Waals surface area contributed by atoms with E-state index in [9.17, 15) is 5.21 Å². The van der Waals surface area contributed by atoms with E-state index >= 15 is 0 Å². The first-order chi connectivity index (χ1) is 10.6. The minimum Gasteiger partial charge on any atom is -0.467 e. The van der Waals surface area contributed by atoms with Crippen LogP contribution in [0.2, 0.25) is 0 Å². The van der Waals surface area contributed by atoms with Gasteiger partial charge in [0.15, 0.2) is 5.79 Å². The summed E-state index contributed by atoms with van der Waals surface area (Å²) in [6, 6.07) is 13.0. The molecule has 1 N–H and O–H groups in total. The highest BCUT2D eigenvalue weighted by atomic mass is 16.7. The van der Waals surface area contributed by atoms with Gasteiger partial charge in [0.1, 0.15) is 17.9 Å². The van der Waals surface area contributed by atoms with Crippen LogP contribution in [0.5, 0.6) is 0 Å². The molecule has 2 heterocycles. The number of hydrogen-bond donors (Lipinski definition) is 1. The van der Waals surface area contributed by atoms with Crippen LogP contribution in [0.1, 0.15) is 31.2 Å². The lowest BCUT2D eigenvalue weighted by atomic mass is 10.1. The second kappa shape index (κ2) is 6.22. The van der Waals surface area contributed by atoms with Crippen LogP contribution in [0.15, 0.2) is 53.1 Å². The van der Waals surface area contributed by atoms with Gasteiger partial charge in [-0.05, 0) is 31.5 Å². The van der Waals surface area contributed by atoms with Gasteiger partial charge in [-0.2, -0.15) is 5.06 Å². The number of hydroxylamine groups is 2. The van der Waals surface area contributed by atoms with Gasteiger partial charge in [0.25, 0.3) is 0 Å². The van der Waals surface area contributed by atoms with Crippen molar-refractivity contribution < 1.29 is 19.1 Å². The van der Waals surface area contributed by atoms with Gasteiger partial charge >= 0.3 is 0 Å². The van der Waals surface area contributed by atoms with Crippen molar-refractivity contribution in [3.8, 4) is 0 Å². The molecule has 0 amide bonds. The minimum atomic E-state index is -0.650. The van der Waals surface area contributed by atoms with Crippen LogP contribution in [0.3, 0.4) is 0 Å². The Hall–Kier alpha value is -1.66. The molecule has 22 heavy (non-hydrogen) atoms. The zero-order chi connectivity index (χ0) is 15.6. The second-order valence-electron chi connectivity index (χ2n) is 5.91. The molecule has 1 aromatic heterocycles. The standard InChI is InChI=1S/C17H21NO4/c1-17(2)21-12-15(22-17)16(14-9-6-10-20-14)18(19)11-13-7-4-3-5-8-13/h3-10,15-16,19H,11-12H2,1-2H3/t15-,16?/m0/s1. The highest BCUT2D eigenvalue weighted by Gasteiger charge is 2.41. The molecule has 1 fully saturated rings. The van der Waals surface area contributed by atoms with E-state index in [0.29, 0.717) is 18.9 Å². The van der Waals surface area contributed by atoms with Crippen LogP contribution in [0.25, 0.3) is 0 Å². The minimum absolute atomic E-state index is 0.296. The van der Waals surface area contributed by atoms with Crippen molar-refractivity contribution >= 4 is 0 Å². The monoisotopic (exact) mass is 303 g/mol. The van der Waals surface area contributed by atoms with E-state index in [0.717, 1.165) is 5.56 Å². The summed E-state index contributed by atoms with van der Waals surface area (Å²) in [7, 11) is 0. The Labute approximate surface area is 130 Å². The molecule has 0 bridgehead atoms. The smallest absolute Gasteiger partial charge is 0.163 e. The molecular weight excluding hydrogens is 282 g/mol. The number of furan rings is 1. The fourth-order valence-electron chi connectivity index (χ4n) is 2.72. The van der Waals surface area contributed by atoms with Crippen molar-refractivity contribution in [2.24, 2.45) is 0 Å². The first-order valence-corrected chi connectivity index (χ1v) is 7.40. The average molecular weight is 303 g/mol. The Kier molecular flexibility index (Phi) is 4.31. The van der Waals surface area contributed by atoms with Crippen molar-refractivity contribution in [1.29, 1.82) is 0 Å². The van der Waals surface area contributed by atoms with Gasteiger partial charge in [0.05, 0.1) is 12.9 Å². The Morgan fingerprint density at radius 1 is 1.23 bits per heavy atom. The maximum absolute atomic E-state index is 10.6. The quantitative estimate of drug-likeness (QED) is 0.858. The molecule has 0 radical (unpaired) electrons. The summed E-state index contributed by atoms with van der Waals surface area (Å²) in [4.78, 5) is 0. The molecule has 1 aromatic carbocycles. The van der Waals surface area contributed by atoms with Gasteiger partial charge in [-0.25, -0.2) is 0 Å². The van der Waals surface area contributed by atoms with E-state index in [4.69, 9.17) is 13.9 Å². The summed E-state index contributed by atoms with van der Waals surface area (Å²) >= 11 is 0. The maximum atomic E-state index is 10.6. The molecule has 5 nitrogen and oxygen atoms in total. The third-order valence-electron chi connectivity index (χ3n) is 3.73. The van der Waals surface area contributed by atoms with Crippen molar-refractivity contribution in [1.82, 2.24) is 5.06 Å². The third kappa shape index (κ3) is 3.39. The van der Waals surface area contributed by atoms with Crippen molar-refractivity contribution in [2.75, 3.05) is 6.61 Å². The maximum Gasteiger partial charge on any atom is 0.163 e. The Morgan fingerprint density at radius 3 is 2.59 bits per heavy atom. The number of hydrogen-bond acceptors (Lipinski definition) is 5. The van der Waals surface area contributed by atoms with Gasteiger partial charge in [0, 0.05) is 6.54 Å². The van der Waals surface area contributed by atoms with Gasteiger partial charge < -0.3 is 19.1 Å². The first kappa shape index (κ1) is 15.2. The van der Waals surface area contributed by atoms with Crippen LogP contribution >= 0.6 is 0 Å². The molecule has 118 valence electrons. The summed E-state index contributed by atoms with van der Waals surface area (Å²) in [6.07, 6.45) is 1.30. The van der Waals surface area contributed by atoms with E-state index < -0.39 is 11.8 Å². The van der Waals surface area contributed by atoms with Crippen LogP contribution < -0.4 is 0 Å². The molecule has 1 saturated heterocycles. The fourth-order valence-corrected chi connectivity index (χ4v) is 2.72. The van der Waals surface area contributed by atoms with Crippen LogP contribution in [-0.2, 0) is 16.0 Å². The summed E-state index contributed by atoms with van der Waals surface area (Å²) in [5.74, 6) is 0.00745. The summed E-state index contributed by atoms with van der Waals surface area (Å²) < 4.78 is 17.0. The van der Waals surface area contributed by atoms with E-state index in [1.165, 1.54) is 5.06 Å². The molecule has 3 rings (SSSR count). The largest absolute Gasteiger partial charge is 0.467 e. The van der Waals surface area contributed by atoms with E-state index in [1.54, 1.807) is 12.3 Å².